The van der Waals surface area contributed by atoms with Crippen LogP contribution in [0.25, 0.3) is 0 Å². The van der Waals surface area contributed by atoms with E-state index in [-0.39, 0.29) is 17.9 Å². The van der Waals surface area contributed by atoms with E-state index in [0.29, 0.717) is 44.0 Å². The number of fused-ring (bicyclic) bond motifs is 1. The van der Waals surface area contributed by atoms with Gasteiger partial charge in [-0.05, 0) is 25.0 Å². The third kappa shape index (κ3) is 4.07. The summed E-state index contributed by atoms with van der Waals surface area (Å²) in [7, 11) is -3.83. The van der Waals surface area contributed by atoms with Gasteiger partial charge in [-0.2, -0.15) is 0 Å². The van der Waals surface area contributed by atoms with Gasteiger partial charge in [0.15, 0.2) is 11.5 Å². The fourth-order valence-corrected chi connectivity index (χ4v) is 3.59. The molecular formula is C16H20N2O7S. The molecule has 3 N–H and O–H groups in total. The van der Waals surface area contributed by atoms with Crippen molar-refractivity contribution in [3.8, 4) is 11.5 Å². The summed E-state index contributed by atoms with van der Waals surface area (Å²) in [6, 6.07) is 4.32. The van der Waals surface area contributed by atoms with Crippen LogP contribution in [-0.2, 0) is 19.6 Å². The number of sulfonamides is 1. The van der Waals surface area contributed by atoms with E-state index in [2.05, 4.69) is 10.0 Å². The highest BCUT2D eigenvalue weighted by Crippen LogP contribution is 2.35. The summed E-state index contributed by atoms with van der Waals surface area (Å²) in [4.78, 5) is 22.8. The summed E-state index contributed by atoms with van der Waals surface area (Å²) in [6.07, 6.45) is 1.33. The number of carboxylic acids is 1. The van der Waals surface area contributed by atoms with E-state index in [1.807, 2.05) is 0 Å². The molecule has 0 spiro atoms. The van der Waals surface area contributed by atoms with Crippen molar-refractivity contribution in [2.75, 3.05) is 19.8 Å². The van der Waals surface area contributed by atoms with Gasteiger partial charge in [0.25, 0.3) is 0 Å². The van der Waals surface area contributed by atoms with Crippen LogP contribution >= 0.6 is 0 Å². The van der Waals surface area contributed by atoms with E-state index in [0.717, 1.165) is 0 Å². The van der Waals surface area contributed by atoms with Crippen molar-refractivity contribution >= 4 is 21.9 Å². The van der Waals surface area contributed by atoms with E-state index in [4.69, 9.17) is 14.6 Å². The Morgan fingerprint density at radius 3 is 2.50 bits per heavy atom. The molecule has 1 heterocycles. The summed E-state index contributed by atoms with van der Waals surface area (Å²) in [6.45, 7) is 0.804. The predicted octanol–water partition coefficient (Wildman–Crippen LogP) is 0.250. The topological polar surface area (TPSA) is 131 Å². The number of nitrogens with one attached hydrogen (secondary N) is 2. The average molecular weight is 384 g/mol. The lowest BCUT2D eigenvalue weighted by Crippen LogP contribution is -2.44. The van der Waals surface area contributed by atoms with Crippen LogP contribution in [0.4, 0.5) is 0 Å². The monoisotopic (exact) mass is 384 g/mol. The maximum Gasteiger partial charge on any atom is 0.329 e. The van der Waals surface area contributed by atoms with Gasteiger partial charge in [0, 0.05) is 25.5 Å². The van der Waals surface area contributed by atoms with E-state index >= 15 is 0 Å². The van der Waals surface area contributed by atoms with Gasteiger partial charge in [-0.1, -0.05) is 0 Å². The Morgan fingerprint density at radius 1 is 1.15 bits per heavy atom. The fourth-order valence-electron chi connectivity index (χ4n) is 2.54. The van der Waals surface area contributed by atoms with Crippen LogP contribution in [0.5, 0.6) is 11.5 Å². The SMILES string of the molecule is O=C(CCNS(=O)(=O)c1ccc2c(c1)OCCCO2)NC1(C(=O)O)CC1. The Bertz CT molecular complexity index is 818. The summed E-state index contributed by atoms with van der Waals surface area (Å²) in [5, 5.41) is 11.5. The molecule has 1 fully saturated rings. The molecule has 0 atom stereocenters. The van der Waals surface area contributed by atoms with Gasteiger partial charge in [0.1, 0.15) is 5.54 Å². The fraction of sp³-hybridized carbons (Fsp3) is 0.500. The molecule has 2 aliphatic rings. The summed E-state index contributed by atoms with van der Waals surface area (Å²) >= 11 is 0. The highest BCUT2D eigenvalue weighted by molar-refractivity contribution is 7.89. The van der Waals surface area contributed by atoms with Crippen molar-refractivity contribution in [2.45, 2.75) is 36.1 Å². The summed E-state index contributed by atoms with van der Waals surface area (Å²) in [5.41, 5.74) is -1.18. The van der Waals surface area contributed by atoms with Crippen molar-refractivity contribution in [1.29, 1.82) is 0 Å². The van der Waals surface area contributed by atoms with E-state index < -0.39 is 27.4 Å². The van der Waals surface area contributed by atoms with Crippen molar-refractivity contribution in [1.82, 2.24) is 10.0 Å². The Labute approximate surface area is 150 Å². The molecule has 0 saturated heterocycles. The van der Waals surface area contributed by atoms with E-state index in [9.17, 15) is 18.0 Å². The molecule has 3 rings (SSSR count). The number of aliphatic carboxylic acids is 1. The summed E-state index contributed by atoms with van der Waals surface area (Å²) in [5.74, 6) is -0.727. The lowest BCUT2D eigenvalue weighted by atomic mass is 10.2. The third-order valence-electron chi connectivity index (χ3n) is 4.21. The largest absolute Gasteiger partial charge is 0.490 e. The van der Waals surface area contributed by atoms with Crippen molar-refractivity contribution < 1.29 is 32.6 Å². The smallest absolute Gasteiger partial charge is 0.329 e. The molecule has 1 aliphatic carbocycles. The summed E-state index contributed by atoms with van der Waals surface area (Å²) < 4.78 is 38.0. The Morgan fingerprint density at radius 2 is 1.85 bits per heavy atom. The maximum atomic E-state index is 12.4. The Balaban J connectivity index is 1.56. The molecule has 1 aromatic carbocycles. The highest BCUT2D eigenvalue weighted by atomic mass is 32.2. The van der Waals surface area contributed by atoms with Crippen molar-refractivity contribution in [3.05, 3.63) is 18.2 Å². The Hall–Kier alpha value is -2.33. The number of rotatable bonds is 7. The van der Waals surface area contributed by atoms with Crippen molar-refractivity contribution in [2.24, 2.45) is 0 Å². The molecule has 0 radical (unpaired) electrons. The zero-order valence-corrected chi connectivity index (χ0v) is 14.8. The number of hydrogen-bond acceptors (Lipinski definition) is 6. The number of hydrogen-bond donors (Lipinski definition) is 3. The van der Waals surface area contributed by atoms with Gasteiger partial charge in [-0.25, -0.2) is 17.9 Å². The molecule has 1 saturated carbocycles. The molecule has 0 unspecified atom stereocenters. The number of benzene rings is 1. The van der Waals surface area contributed by atoms with Crippen LogP contribution in [0.1, 0.15) is 25.7 Å². The van der Waals surface area contributed by atoms with Crippen LogP contribution in [0.15, 0.2) is 23.1 Å². The second kappa shape index (κ2) is 7.12. The van der Waals surface area contributed by atoms with Gasteiger partial charge in [-0.15, -0.1) is 0 Å². The van der Waals surface area contributed by atoms with E-state index in [1.54, 1.807) is 0 Å². The van der Waals surface area contributed by atoms with Crippen LogP contribution in [0.2, 0.25) is 0 Å². The molecular weight excluding hydrogens is 364 g/mol. The number of ether oxygens (including phenoxy) is 2. The highest BCUT2D eigenvalue weighted by Gasteiger charge is 2.51. The molecule has 1 aromatic rings. The molecule has 1 amide bonds. The molecule has 142 valence electrons. The van der Waals surface area contributed by atoms with Crippen LogP contribution in [-0.4, -0.2) is 50.7 Å². The molecule has 0 aromatic heterocycles. The first-order valence-electron chi connectivity index (χ1n) is 8.26. The minimum Gasteiger partial charge on any atom is -0.490 e. The second-order valence-corrected chi connectivity index (χ2v) is 8.01. The molecule has 10 heteroatoms. The first-order valence-corrected chi connectivity index (χ1v) is 9.74. The predicted molar refractivity (Wildman–Crippen MR) is 89.6 cm³/mol. The molecule has 1 aliphatic heterocycles. The van der Waals surface area contributed by atoms with Gasteiger partial charge in [0.05, 0.1) is 18.1 Å². The Kier molecular flexibility index (Phi) is 5.05. The zero-order chi connectivity index (χ0) is 18.8. The molecule has 9 nitrogen and oxygen atoms in total. The normalized spacial score (nSPS) is 17.8. The number of carboxylic acid groups (broad SMARTS) is 1. The van der Waals surface area contributed by atoms with Crippen LogP contribution < -0.4 is 19.5 Å². The molecule has 26 heavy (non-hydrogen) atoms. The average Bonchev–Trinajstić information content (AvgIpc) is 3.38. The van der Waals surface area contributed by atoms with Crippen LogP contribution in [0.3, 0.4) is 0 Å². The minimum absolute atomic E-state index is 0.00589. The number of carbonyl (C=O) groups excluding carboxylic acids is 1. The van der Waals surface area contributed by atoms with Crippen LogP contribution in [0, 0.1) is 0 Å². The van der Waals surface area contributed by atoms with E-state index in [1.165, 1.54) is 18.2 Å². The van der Waals surface area contributed by atoms with Gasteiger partial charge in [0.2, 0.25) is 15.9 Å². The zero-order valence-electron chi connectivity index (χ0n) is 14.0. The third-order valence-corrected chi connectivity index (χ3v) is 5.67. The van der Waals surface area contributed by atoms with Gasteiger partial charge >= 0.3 is 5.97 Å². The lowest BCUT2D eigenvalue weighted by molar-refractivity contribution is -0.143. The lowest BCUT2D eigenvalue weighted by Gasteiger charge is -2.13. The first-order chi connectivity index (χ1) is 12.3. The van der Waals surface area contributed by atoms with Crippen molar-refractivity contribution in [3.63, 3.8) is 0 Å². The minimum atomic E-state index is -3.83. The number of carbonyl (C=O) groups is 2. The van der Waals surface area contributed by atoms with Gasteiger partial charge in [-0.3, -0.25) is 4.79 Å². The first kappa shape index (κ1) is 18.5. The van der Waals surface area contributed by atoms with Gasteiger partial charge < -0.3 is 19.9 Å². The quantitative estimate of drug-likeness (QED) is 0.614. The maximum absolute atomic E-state index is 12.4. The second-order valence-electron chi connectivity index (χ2n) is 6.24. The standard InChI is InChI=1S/C16H20N2O7S/c19-14(18-16(5-6-16)15(20)21)4-7-17-26(22,23)11-2-3-12-13(10-11)25-9-1-8-24-12/h2-3,10,17H,1,4-9H2,(H,18,19)(H,20,21). The molecule has 0 bridgehead atoms. The number of amides is 1.